The number of thioether (sulfide) groups is 1. The first-order valence-corrected chi connectivity index (χ1v) is 13.0. The maximum atomic E-state index is 13.1. The molecule has 1 amide bonds. The van der Waals surface area contributed by atoms with Crippen LogP contribution in [0.3, 0.4) is 0 Å². The number of ether oxygens (including phenoxy) is 2. The van der Waals surface area contributed by atoms with Crippen molar-refractivity contribution in [2.24, 2.45) is 4.99 Å². The van der Waals surface area contributed by atoms with Gasteiger partial charge in [-0.15, -0.1) is 0 Å². The molecule has 0 saturated carbocycles. The van der Waals surface area contributed by atoms with Gasteiger partial charge in [-0.2, -0.15) is 0 Å². The fourth-order valence-electron chi connectivity index (χ4n) is 4.34. The number of para-hydroxylation sites is 2. The minimum atomic E-state index is -0.0967. The maximum Gasteiger partial charge on any atom is 0.266 e. The molecular formula is C31H28N2O3S. The van der Waals surface area contributed by atoms with Crippen LogP contribution >= 0.6 is 11.8 Å². The minimum Gasteiger partial charge on any atom is -0.493 e. The van der Waals surface area contributed by atoms with E-state index in [-0.39, 0.29) is 5.91 Å². The van der Waals surface area contributed by atoms with Crippen molar-refractivity contribution in [3.05, 3.63) is 107 Å². The molecule has 186 valence electrons. The van der Waals surface area contributed by atoms with Gasteiger partial charge in [-0.25, -0.2) is 4.99 Å². The average molecular weight is 509 g/mol. The fraction of sp³-hybridized carbons (Fsp3) is 0.161. The molecule has 1 aliphatic rings. The summed E-state index contributed by atoms with van der Waals surface area (Å²) in [5.74, 6) is 1.12. The molecule has 5 rings (SSSR count). The van der Waals surface area contributed by atoms with E-state index in [9.17, 15) is 4.79 Å². The van der Waals surface area contributed by atoms with Crippen LogP contribution in [0.2, 0.25) is 0 Å². The van der Waals surface area contributed by atoms with Gasteiger partial charge in [0.05, 0.1) is 17.7 Å². The Hall–Kier alpha value is -4.03. The van der Waals surface area contributed by atoms with Crippen LogP contribution < -0.4 is 9.47 Å². The summed E-state index contributed by atoms with van der Waals surface area (Å²) in [5.41, 5.74) is 3.89. The van der Waals surface area contributed by atoms with Gasteiger partial charge >= 0.3 is 0 Å². The van der Waals surface area contributed by atoms with Gasteiger partial charge in [0, 0.05) is 12.6 Å². The lowest BCUT2D eigenvalue weighted by Crippen LogP contribution is -2.23. The number of rotatable bonds is 7. The molecule has 0 atom stereocenters. The monoisotopic (exact) mass is 508 g/mol. The van der Waals surface area contributed by atoms with Gasteiger partial charge in [0.1, 0.15) is 6.61 Å². The van der Waals surface area contributed by atoms with Crippen molar-refractivity contribution >= 4 is 45.4 Å². The molecule has 37 heavy (non-hydrogen) atoms. The quantitative estimate of drug-likeness (QED) is 0.247. The van der Waals surface area contributed by atoms with Gasteiger partial charge in [-0.05, 0) is 58.3 Å². The Morgan fingerprint density at radius 3 is 2.49 bits per heavy atom. The van der Waals surface area contributed by atoms with Crippen LogP contribution in [0.25, 0.3) is 16.8 Å². The van der Waals surface area contributed by atoms with Crippen molar-refractivity contribution in [3.63, 3.8) is 0 Å². The van der Waals surface area contributed by atoms with E-state index in [1.54, 1.807) is 19.1 Å². The number of amides is 1. The highest BCUT2D eigenvalue weighted by Gasteiger charge is 2.31. The summed E-state index contributed by atoms with van der Waals surface area (Å²) in [5, 5.41) is 2.97. The van der Waals surface area contributed by atoms with E-state index in [0.717, 1.165) is 34.2 Å². The summed E-state index contributed by atoms with van der Waals surface area (Å²) in [7, 11) is 3.38. The predicted octanol–water partition coefficient (Wildman–Crippen LogP) is 7.22. The Morgan fingerprint density at radius 2 is 1.65 bits per heavy atom. The third kappa shape index (κ3) is 5.11. The molecule has 0 spiro atoms. The lowest BCUT2D eigenvalue weighted by Gasteiger charge is -2.15. The number of fused-ring (bicyclic) bond motifs is 1. The molecule has 4 aromatic rings. The lowest BCUT2D eigenvalue weighted by molar-refractivity contribution is -0.121. The summed E-state index contributed by atoms with van der Waals surface area (Å²) >= 11 is 1.37. The Bertz CT molecular complexity index is 1520. The minimum absolute atomic E-state index is 0.0967. The van der Waals surface area contributed by atoms with Crippen molar-refractivity contribution in [1.29, 1.82) is 0 Å². The first kappa shape index (κ1) is 24.7. The second-order valence-corrected chi connectivity index (χ2v) is 9.67. The molecule has 6 heteroatoms. The number of carbonyl (C=O) groups is 1. The van der Waals surface area contributed by atoms with Crippen molar-refractivity contribution in [2.45, 2.75) is 20.0 Å². The van der Waals surface area contributed by atoms with E-state index in [1.807, 2.05) is 60.7 Å². The second-order valence-electron chi connectivity index (χ2n) is 8.66. The molecule has 0 radical (unpaired) electrons. The molecule has 1 fully saturated rings. The molecule has 1 heterocycles. The Morgan fingerprint density at radius 1 is 0.919 bits per heavy atom. The normalized spacial score (nSPS) is 15.6. The van der Waals surface area contributed by atoms with Gasteiger partial charge in [0.15, 0.2) is 16.7 Å². The fourth-order valence-corrected chi connectivity index (χ4v) is 5.32. The number of carbonyl (C=O) groups excluding carboxylic acids is 1. The first-order chi connectivity index (χ1) is 18.1. The maximum absolute atomic E-state index is 13.1. The largest absolute Gasteiger partial charge is 0.493 e. The molecule has 0 unspecified atom stereocenters. The average Bonchev–Trinajstić information content (AvgIpc) is 3.20. The summed E-state index contributed by atoms with van der Waals surface area (Å²) in [6.07, 6.45) is 2.73. The zero-order chi connectivity index (χ0) is 25.8. The molecule has 0 aromatic heterocycles. The number of nitrogens with zero attached hydrogens (tertiary/aromatic N) is 2. The van der Waals surface area contributed by atoms with Crippen LogP contribution in [-0.4, -0.2) is 30.1 Å². The van der Waals surface area contributed by atoms with Crippen LogP contribution in [0.5, 0.6) is 11.5 Å². The highest BCUT2D eigenvalue weighted by molar-refractivity contribution is 8.18. The molecule has 1 saturated heterocycles. The topological polar surface area (TPSA) is 51.1 Å². The predicted molar refractivity (Wildman–Crippen MR) is 153 cm³/mol. The van der Waals surface area contributed by atoms with Crippen LogP contribution in [0.1, 0.15) is 23.6 Å². The van der Waals surface area contributed by atoms with E-state index in [1.165, 1.54) is 17.1 Å². The van der Waals surface area contributed by atoms with E-state index in [0.29, 0.717) is 28.2 Å². The number of aryl methyl sites for hydroxylation is 1. The number of aliphatic imine (C=N–C) groups is 1. The summed E-state index contributed by atoms with van der Waals surface area (Å²) in [4.78, 5) is 20.1. The van der Waals surface area contributed by atoms with Gasteiger partial charge in [-0.3, -0.25) is 9.69 Å². The Kier molecular flexibility index (Phi) is 7.28. The highest BCUT2D eigenvalue weighted by Crippen LogP contribution is 2.38. The first-order valence-electron chi connectivity index (χ1n) is 12.2. The van der Waals surface area contributed by atoms with Crippen molar-refractivity contribution in [2.75, 3.05) is 14.2 Å². The molecule has 0 aliphatic carbocycles. The van der Waals surface area contributed by atoms with E-state index in [4.69, 9.17) is 14.5 Å². The van der Waals surface area contributed by atoms with Crippen molar-refractivity contribution in [1.82, 2.24) is 4.90 Å². The zero-order valence-electron chi connectivity index (χ0n) is 21.1. The highest BCUT2D eigenvalue weighted by atomic mass is 32.2. The molecular weight excluding hydrogens is 480 g/mol. The third-order valence-corrected chi connectivity index (χ3v) is 7.42. The summed E-state index contributed by atoms with van der Waals surface area (Å²) in [6.45, 7) is 2.48. The molecule has 4 aromatic carbocycles. The summed E-state index contributed by atoms with van der Waals surface area (Å²) in [6, 6.07) is 28.2. The standard InChI is InChI=1S/C31H28N2O3S/c1-4-21-11-6-8-17-26(21)32-31-33(2)30(34)28(37-31)19-23-14-10-18-27(35-3)29(23)36-20-24-15-9-13-22-12-5-7-16-25(22)24/h5-19H,4,20H2,1-3H3/b28-19+,32-31?. The summed E-state index contributed by atoms with van der Waals surface area (Å²) < 4.78 is 12.0. The number of benzene rings is 4. The zero-order valence-corrected chi connectivity index (χ0v) is 21.9. The Balaban J connectivity index is 1.46. The van der Waals surface area contributed by atoms with E-state index >= 15 is 0 Å². The lowest BCUT2D eigenvalue weighted by atomic mass is 10.1. The van der Waals surface area contributed by atoms with Gasteiger partial charge < -0.3 is 9.47 Å². The van der Waals surface area contributed by atoms with Crippen molar-refractivity contribution < 1.29 is 14.3 Å². The third-order valence-electron chi connectivity index (χ3n) is 6.36. The van der Waals surface area contributed by atoms with Crippen LogP contribution in [-0.2, 0) is 17.8 Å². The molecule has 1 aliphatic heterocycles. The smallest absolute Gasteiger partial charge is 0.266 e. The van der Waals surface area contributed by atoms with Crippen LogP contribution in [0.15, 0.2) is 94.8 Å². The van der Waals surface area contributed by atoms with Gasteiger partial charge in [0.2, 0.25) is 0 Å². The number of likely N-dealkylation sites (N-methyl/N-ethyl adjacent to an activating group) is 1. The Labute approximate surface area is 221 Å². The van der Waals surface area contributed by atoms with E-state index in [2.05, 4.69) is 37.3 Å². The van der Waals surface area contributed by atoms with Gasteiger partial charge in [-0.1, -0.05) is 79.7 Å². The number of methoxy groups -OCH3 is 1. The van der Waals surface area contributed by atoms with Crippen LogP contribution in [0.4, 0.5) is 5.69 Å². The SMILES string of the molecule is CCc1ccccc1N=C1S/C(=C/c2cccc(OC)c2OCc2cccc3ccccc23)C(=O)N1C. The van der Waals surface area contributed by atoms with Crippen molar-refractivity contribution in [3.8, 4) is 11.5 Å². The number of amidine groups is 1. The second kappa shape index (κ2) is 10.9. The number of hydrogen-bond donors (Lipinski definition) is 0. The number of hydrogen-bond acceptors (Lipinski definition) is 5. The molecule has 0 N–H and O–H groups in total. The molecule has 0 bridgehead atoms. The van der Waals surface area contributed by atoms with E-state index < -0.39 is 0 Å². The molecule has 5 nitrogen and oxygen atoms in total. The van der Waals surface area contributed by atoms with Gasteiger partial charge in [0.25, 0.3) is 5.91 Å². The van der Waals surface area contributed by atoms with Crippen LogP contribution in [0, 0.1) is 0 Å².